The lowest BCUT2D eigenvalue weighted by atomic mass is 10.2. The van der Waals surface area contributed by atoms with Gasteiger partial charge in [0.2, 0.25) is 5.78 Å². The molecule has 18 heavy (non-hydrogen) atoms. The van der Waals surface area contributed by atoms with Crippen molar-refractivity contribution in [3.8, 4) is 0 Å². The van der Waals surface area contributed by atoms with E-state index in [-0.39, 0.29) is 12.4 Å². The number of hydrogen-bond donors (Lipinski definition) is 0. The van der Waals surface area contributed by atoms with Gasteiger partial charge >= 0.3 is 0 Å². The van der Waals surface area contributed by atoms with Gasteiger partial charge in [0.15, 0.2) is 0 Å². The summed E-state index contributed by atoms with van der Waals surface area (Å²) in [7, 11) is 1.83. The average molecular weight is 264 g/mol. The number of benzene rings is 1. The van der Waals surface area contributed by atoms with Crippen molar-refractivity contribution in [2.75, 3.05) is 6.61 Å². The molecule has 0 aliphatic heterocycles. The summed E-state index contributed by atoms with van der Waals surface area (Å²) in [6, 6.07) is 11.1. The highest BCUT2D eigenvalue weighted by molar-refractivity contribution is 6.31. The van der Waals surface area contributed by atoms with E-state index < -0.39 is 0 Å². The first-order valence-corrected chi connectivity index (χ1v) is 6.02. The first kappa shape index (κ1) is 12.9. The van der Waals surface area contributed by atoms with Crippen molar-refractivity contribution in [2.45, 2.75) is 6.61 Å². The number of halogens is 1. The molecular formula is C14H14ClNO2. The quantitative estimate of drug-likeness (QED) is 0.777. The van der Waals surface area contributed by atoms with Gasteiger partial charge in [-0.15, -0.1) is 0 Å². The molecule has 0 fully saturated rings. The van der Waals surface area contributed by atoms with Crippen LogP contribution < -0.4 is 0 Å². The lowest BCUT2D eigenvalue weighted by molar-refractivity contribution is 0.0719. The summed E-state index contributed by atoms with van der Waals surface area (Å²) in [5, 5.41) is 0.656. The third-order valence-corrected chi connectivity index (χ3v) is 3.05. The number of aryl methyl sites for hydroxylation is 1. The van der Waals surface area contributed by atoms with E-state index in [0.29, 0.717) is 17.3 Å². The van der Waals surface area contributed by atoms with Crippen LogP contribution in [0.15, 0.2) is 42.6 Å². The lowest BCUT2D eigenvalue weighted by Crippen LogP contribution is -2.12. The predicted octanol–water partition coefficient (Wildman–Crippen LogP) is 3.08. The van der Waals surface area contributed by atoms with E-state index in [4.69, 9.17) is 16.3 Å². The van der Waals surface area contributed by atoms with Crippen LogP contribution >= 0.6 is 11.6 Å². The normalized spacial score (nSPS) is 10.6. The number of Topliss-reactive ketones (excluding diaryl/α,β-unsaturated/α-hetero) is 1. The predicted molar refractivity (Wildman–Crippen MR) is 70.9 cm³/mol. The maximum absolute atomic E-state index is 11.8. The third-order valence-electron chi connectivity index (χ3n) is 2.68. The van der Waals surface area contributed by atoms with E-state index in [9.17, 15) is 4.79 Å². The van der Waals surface area contributed by atoms with Crippen molar-refractivity contribution in [2.24, 2.45) is 7.05 Å². The van der Waals surface area contributed by atoms with Gasteiger partial charge in [0.1, 0.15) is 6.61 Å². The second-order valence-electron chi connectivity index (χ2n) is 4.01. The molecule has 1 heterocycles. The fraction of sp³-hybridized carbons (Fsp3) is 0.214. The molecule has 0 radical (unpaired) electrons. The topological polar surface area (TPSA) is 31.2 Å². The van der Waals surface area contributed by atoms with Crippen LogP contribution in [-0.4, -0.2) is 17.0 Å². The minimum atomic E-state index is -0.0328. The molecular weight excluding hydrogens is 250 g/mol. The summed E-state index contributed by atoms with van der Waals surface area (Å²) >= 11 is 6.00. The van der Waals surface area contributed by atoms with Crippen LogP contribution in [0.2, 0.25) is 5.02 Å². The highest BCUT2D eigenvalue weighted by Crippen LogP contribution is 2.15. The van der Waals surface area contributed by atoms with E-state index in [1.54, 1.807) is 16.7 Å². The lowest BCUT2D eigenvalue weighted by Gasteiger charge is -2.06. The molecule has 0 N–H and O–H groups in total. The third kappa shape index (κ3) is 3.00. The highest BCUT2D eigenvalue weighted by atomic mass is 35.5. The van der Waals surface area contributed by atoms with E-state index in [1.165, 1.54) is 0 Å². The van der Waals surface area contributed by atoms with Gasteiger partial charge < -0.3 is 9.30 Å². The van der Waals surface area contributed by atoms with Crippen molar-refractivity contribution >= 4 is 17.4 Å². The fourth-order valence-corrected chi connectivity index (χ4v) is 1.88. The van der Waals surface area contributed by atoms with Gasteiger partial charge in [-0.3, -0.25) is 4.79 Å². The van der Waals surface area contributed by atoms with Crippen molar-refractivity contribution in [1.29, 1.82) is 0 Å². The molecule has 0 amide bonds. The van der Waals surface area contributed by atoms with Crippen LogP contribution in [-0.2, 0) is 18.4 Å². The maximum atomic E-state index is 11.8. The molecule has 3 nitrogen and oxygen atoms in total. The monoisotopic (exact) mass is 263 g/mol. The number of ether oxygens (including phenoxy) is 1. The van der Waals surface area contributed by atoms with E-state index >= 15 is 0 Å². The fourth-order valence-electron chi connectivity index (χ4n) is 1.69. The molecule has 0 unspecified atom stereocenters. The number of rotatable bonds is 5. The first-order chi connectivity index (χ1) is 8.68. The van der Waals surface area contributed by atoms with Gasteiger partial charge in [-0.1, -0.05) is 29.8 Å². The van der Waals surface area contributed by atoms with Crippen LogP contribution in [0.25, 0.3) is 0 Å². The van der Waals surface area contributed by atoms with Crippen molar-refractivity contribution in [1.82, 2.24) is 4.57 Å². The number of hydrogen-bond acceptors (Lipinski definition) is 2. The molecule has 0 bridgehead atoms. The molecule has 1 aromatic heterocycles. The standard InChI is InChI=1S/C14H14ClNO2/c1-16-8-4-7-13(16)14(17)10-18-9-11-5-2-3-6-12(11)15/h2-8H,9-10H2,1H3. The number of carbonyl (C=O) groups is 1. The van der Waals surface area contributed by atoms with E-state index in [0.717, 1.165) is 5.56 Å². The molecule has 0 atom stereocenters. The van der Waals surface area contributed by atoms with Crippen LogP contribution in [0.4, 0.5) is 0 Å². The molecule has 0 aliphatic rings. The number of nitrogens with zero attached hydrogens (tertiary/aromatic N) is 1. The summed E-state index contributed by atoms with van der Waals surface area (Å²) in [5.74, 6) is -0.0328. The van der Waals surface area contributed by atoms with Gasteiger partial charge in [0.05, 0.1) is 12.3 Å². The van der Waals surface area contributed by atoms with Gasteiger partial charge in [-0.2, -0.15) is 0 Å². The zero-order valence-corrected chi connectivity index (χ0v) is 10.9. The van der Waals surface area contributed by atoms with Crippen molar-refractivity contribution in [3.05, 3.63) is 58.9 Å². The van der Waals surface area contributed by atoms with Gasteiger partial charge in [-0.05, 0) is 23.8 Å². The molecule has 0 saturated carbocycles. The number of ketones is 1. The largest absolute Gasteiger partial charge is 0.368 e. The van der Waals surface area contributed by atoms with E-state index in [1.807, 2.05) is 37.5 Å². The van der Waals surface area contributed by atoms with Crippen molar-refractivity contribution < 1.29 is 9.53 Å². The van der Waals surface area contributed by atoms with Crippen LogP contribution in [0.3, 0.4) is 0 Å². The Morgan fingerprint density at radius 3 is 2.72 bits per heavy atom. The second-order valence-corrected chi connectivity index (χ2v) is 4.42. The number of aromatic nitrogens is 1. The Morgan fingerprint density at radius 2 is 2.06 bits per heavy atom. The van der Waals surface area contributed by atoms with Crippen LogP contribution in [0.1, 0.15) is 16.1 Å². The van der Waals surface area contributed by atoms with Crippen LogP contribution in [0, 0.1) is 0 Å². The molecule has 0 saturated heterocycles. The average Bonchev–Trinajstić information content (AvgIpc) is 2.78. The Morgan fingerprint density at radius 1 is 1.28 bits per heavy atom. The first-order valence-electron chi connectivity index (χ1n) is 5.64. The van der Waals surface area contributed by atoms with Crippen molar-refractivity contribution in [3.63, 3.8) is 0 Å². The van der Waals surface area contributed by atoms with Crippen LogP contribution in [0.5, 0.6) is 0 Å². The second kappa shape index (κ2) is 5.85. The number of carbonyl (C=O) groups excluding carboxylic acids is 1. The molecule has 0 aliphatic carbocycles. The molecule has 1 aromatic carbocycles. The molecule has 94 valence electrons. The van der Waals surface area contributed by atoms with E-state index in [2.05, 4.69) is 0 Å². The molecule has 4 heteroatoms. The highest BCUT2D eigenvalue weighted by Gasteiger charge is 2.09. The maximum Gasteiger partial charge on any atom is 0.204 e. The smallest absolute Gasteiger partial charge is 0.204 e. The zero-order chi connectivity index (χ0) is 13.0. The van der Waals surface area contributed by atoms with Gasteiger partial charge in [0, 0.05) is 18.3 Å². The Kier molecular flexibility index (Phi) is 4.18. The molecule has 2 aromatic rings. The Balaban J connectivity index is 1.88. The Bertz CT molecular complexity index is 548. The van der Waals surface area contributed by atoms with Gasteiger partial charge in [0.25, 0.3) is 0 Å². The summed E-state index contributed by atoms with van der Waals surface area (Å²) in [4.78, 5) is 11.8. The summed E-state index contributed by atoms with van der Waals surface area (Å²) in [6.07, 6.45) is 1.83. The minimum Gasteiger partial charge on any atom is -0.368 e. The Labute approximate surface area is 111 Å². The zero-order valence-electron chi connectivity index (χ0n) is 10.1. The summed E-state index contributed by atoms with van der Waals surface area (Å²) < 4.78 is 7.17. The minimum absolute atomic E-state index is 0.0328. The SMILES string of the molecule is Cn1cccc1C(=O)COCc1ccccc1Cl. The van der Waals surface area contributed by atoms with Gasteiger partial charge in [-0.25, -0.2) is 0 Å². The molecule has 2 rings (SSSR count). The Hall–Kier alpha value is -1.58. The molecule has 0 spiro atoms. The summed E-state index contributed by atoms with van der Waals surface area (Å²) in [6.45, 7) is 0.402. The summed E-state index contributed by atoms with van der Waals surface area (Å²) in [5.41, 5.74) is 1.54.